The molecule has 0 radical (unpaired) electrons. The molecule has 0 spiro atoms. The number of carbonyl (C=O) groups is 4. The van der Waals surface area contributed by atoms with Gasteiger partial charge in [-0.05, 0) is 80.0 Å². The first kappa shape index (κ1) is 25.0. The molecular formula is C32H29NO6. The second kappa shape index (κ2) is 9.19. The first-order chi connectivity index (χ1) is 18.7. The second-order valence-corrected chi connectivity index (χ2v) is 11.0. The van der Waals surface area contributed by atoms with E-state index in [1.165, 1.54) is 11.0 Å². The molecule has 7 heteroatoms. The fourth-order valence-electron chi connectivity index (χ4n) is 6.79. The van der Waals surface area contributed by atoms with Crippen LogP contribution in [0.5, 0.6) is 11.5 Å². The molecule has 3 aliphatic carbocycles. The van der Waals surface area contributed by atoms with Crippen molar-refractivity contribution < 1.29 is 29.4 Å². The van der Waals surface area contributed by atoms with Gasteiger partial charge in [0.1, 0.15) is 11.5 Å². The Balaban J connectivity index is 1.38. The lowest BCUT2D eigenvalue weighted by Crippen LogP contribution is -2.40. The molecule has 1 heterocycles. The summed E-state index contributed by atoms with van der Waals surface area (Å²) in [7, 11) is 0. The molecular weight excluding hydrogens is 494 g/mol. The van der Waals surface area contributed by atoms with Gasteiger partial charge in [-0.1, -0.05) is 35.9 Å². The van der Waals surface area contributed by atoms with Crippen molar-refractivity contribution >= 4 is 23.4 Å². The summed E-state index contributed by atoms with van der Waals surface area (Å²) in [5, 5.41) is 19.7. The highest BCUT2D eigenvalue weighted by molar-refractivity contribution is 6.23. The quantitative estimate of drug-likeness (QED) is 0.355. The number of fused-ring (bicyclic) bond motifs is 3. The number of imide groups is 1. The second-order valence-electron chi connectivity index (χ2n) is 11.0. The highest BCUT2D eigenvalue weighted by atomic mass is 16.3. The molecule has 7 nitrogen and oxygen atoms in total. The summed E-state index contributed by atoms with van der Waals surface area (Å²) in [6.45, 7) is 3.67. The Kier molecular flexibility index (Phi) is 5.90. The number of aromatic hydroxyl groups is 2. The third-order valence-electron chi connectivity index (χ3n) is 8.77. The van der Waals surface area contributed by atoms with Crippen molar-refractivity contribution in [1.29, 1.82) is 0 Å². The van der Waals surface area contributed by atoms with Crippen LogP contribution < -0.4 is 0 Å². The molecule has 0 aromatic heterocycles. The lowest BCUT2D eigenvalue weighted by atomic mass is 9.59. The van der Waals surface area contributed by atoms with Crippen LogP contribution >= 0.6 is 0 Å². The number of Topliss-reactive ketones (excluding diaryl/α,β-unsaturated/α-hetero) is 1. The standard InChI is InChI=1S/C32H29NO6/c1-16-13-19(5-10-25(16)35)27-21-8-9-22-28(23(21)15-24-26(36)14-17(2)30(37)29(24)27)32(39)33(31(22)38)12-11-18-3-6-20(34)7-4-18/h3-8,10,13-14,22-23,27-28,34-35H,9,11-12,15H2,1-2H3. The molecule has 2 N–H and O–H groups in total. The van der Waals surface area contributed by atoms with E-state index in [4.69, 9.17) is 0 Å². The fourth-order valence-corrected chi connectivity index (χ4v) is 6.79. The van der Waals surface area contributed by atoms with Crippen LogP contribution in [0.2, 0.25) is 0 Å². The number of ketones is 2. The number of amides is 2. The van der Waals surface area contributed by atoms with Gasteiger partial charge in [0.25, 0.3) is 0 Å². The summed E-state index contributed by atoms with van der Waals surface area (Å²) in [6, 6.07) is 11.9. The first-order valence-electron chi connectivity index (χ1n) is 13.3. The van der Waals surface area contributed by atoms with Crippen LogP contribution in [-0.4, -0.2) is 45.0 Å². The average molecular weight is 524 g/mol. The van der Waals surface area contributed by atoms with Gasteiger partial charge in [0.2, 0.25) is 11.8 Å². The van der Waals surface area contributed by atoms with Gasteiger partial charge in [0.15, 0.2) is 11.6 Å². The SMILES string of the molecule is CC1=CC(=O)C2=C(C1=O)C(c1ccc(O)c(C)c1)C1=CCC3C(=O)N(CCc4ccc(O)cc4)C(=O)C3C1C2. The molecule has 198 valence electrons. The van der Waals surface area contributed by atoms with Gasteiger partial charge in [0.05, 0.1) is 11.8 Å². The van der Waals surface area contributed by atoms with Crippen molar-refractivity contribution in [3.63, 3.8) is 0 Å². The van der Waals surface area contributed by atoms with Gasteiger partial charge in [-0.15, -0.1) is 0 Å². The average Bonchev–Trinajstić information content (AvgIpc) is 3.16. The molecule has 6 rings (SSSR count). The van der Waals surface area contributed by atoms with Crippen molar-refractivity contribution in [2.75, 3.05) is 6.54 Å². The van der Waals surface area contributed by atoms with Crippen LogP contribution in [0, 0.1) is 24.7 Å². The van der Waals surface area contributed by atoms with Crippen LogP contribution in [0.25, 0.3) is 0 Å². The zero-order valence-electron chi connectivity index (χ0n) is 21.8. The Bertz CT molecular complexity index is 1540. The number of benzene rings is 2. The molecule has 4 atom stereocenters. The topological polar surface area (TPSA) is 112 Å². The number of hydrogen-bond acceptors (Lipinski definition) is 6. The van der Waals surface area contributed by atoms with Crippen molar-refractivity contribution in [2.45, 2.75) is 39.0 Å². The zero-order valence-corrected chi connectivity index (χ0v) is 21.8. The van der Waals surface area contributed by atoms with E-state index in [0.717, 1.165) is 16.7 Å². The maximum atomic E-state index is 13.8. The predicted octanol–water partition coefficient (Wildman–Crippen LogP) is 4.08. The minimum atomic E-state index is -0.595. The highest BCUT2D eigenvalue weighted by Gasteiger charge is 2.56. The maximum Gasteiger partial charge on any atom is 0.233 e. The lowest BCUT2D eigenvalue weighted by molar-refractivity contribution is -0.140. The Labute approximate surface area is 226 Å². The number of phenols is 2. The number of aryl methyl sites for hydroxylation is 1. The summed E-state index contributed by atoms with van der Waals surface area (Å²) in [4.78, 5) is 55.3. The van der Waals surface area contributed by atoms with Crippen molar-refractivity contribution in [3.05, 3.63) is 93.6 Å². The largest absolute Gasteiger partial charge is 0.508 e. The molecule has 1 fully saturated rings. The summed E-state index contributed by atoms with van der Waals surface area (Å²) < 4.78 is 0. The number of likely N-dealkylation sites (tertiary alicyclic amines) is 1. The molecule has 2 aromatic carbocycles. The van der Waals surface area contributed by atoms with Crippen molar-refractivity contribution in [2.24, 2.45) is 17.8 Å². The van der Waals surface area contributed by atoms with Crippen LogP contribution in [0.4, 0.5) is 0 Å². The molecule has 4 unspecified atom stereocenters. The van der Waals surface area contributed by atoms with E-state index in [2.05, 4.69) is 0 Å². The smallest absolute Gasteiger partial charge is 0.233 e. The zero-order chi connectivity index (χ0) is 27.6. The third kappa shape index (κ3) is 3.95. The van der Waals surface area contributed by atoms with Crippen LogP contribution in [0.15, 0.2) is 76.9 Å². The minimum Gasteiger partial charge on any atom is -0.508 e. The molecule has 1 aliphatic heterocycles. The lowest BCUT2D eigenvalue weighted by Gasteiger charge is -2.42. The normalized spacial score (nSPS) is 26.3. The summed E-state index contributed by atoms with van der Waals surface area (Å²) in [5.74, 6) is -2.51. The number of nitrogens with zero attached hydrogens (tertiary/aromatic N) is 1. The molecule has 0 saturated carbocycles. The van der Waals surface area contributed by atoms with Gasteiger partial charge in [-0.3, -0.25) is 24.1 Å². The summed E-state index contributed by atoms with van der Waals surface area (Å²) >= 11 is 0. The van der Waals surface area contributed by atoms with E-state index < -0.39 is 17.8 Å². The Hall–Kier alpha value is -4.26. The van der Waals surface area contributed by atoms with Gasteiger partial charge in [-0.25, -0.2) is 0 Å². The van der Waals surface area contributed by atoms with E-state index in [-0.39, 0.29) is 53.8 Å². The number of hydrogen-bond donors (Lipinski definition) is 2. The maximum absolute atomic E-state index is 13.8. The van der Waals surface area contributed by atoms with Crippen LogP contribution in [0.1, 0.15) is 42.4 Å². The number of allylic oxidation sites excluding steroid dienone is 6. The van der Waals surface area contributed by atoms with Crippen LogP contribution in [0.3, 0.4) is 0 Å². The molecule has 4 aliphatic rings. The van der Waals surface area contributed by atoms with Gasteiger partial charge >= 0.3 is 0 Å². The van der Waals surface area contributed by atoms with E-state index in [9.17, 15) is 29.4 Å². The molecule has 0 bridgehead atoms. The van der Waals surface area contributed by atoms with Crippen LogP contribution in [-0.2, 0) is 25.6 Å². The molecule has 2 amide bonds. The summed E-state index contributed by atoms with van der Waals surface area (Å²) in [5.41, 5.74) is 4.51. The van der Waals surface area contributed by atoms with Gasteiger partial charge < -0.3 is 10.2 Å². The Morgan fingerprint density at radius 3 is 2.38 bits per heavy atom. The Morgan fingerprint density at radius 2 is 1.67 bits per heavy atom. The summed E-state index contributed by atoms with van der Waals surface area (Å²) in [6.07, 6.45) is 4.49. The van der Waals surface area contributed by atoms with Crippen molar-refractivity contribution in [3.8, 4) is 11.5 Å². The molecule has 39 heavy (non-hydrogen) atoms. The predicted molar refractivity (Wildman–Crippen MR) is 143 cm³/mol. The first-order valence-corrected chi connectivity index (χ1v) is 13.3. The van der Waals surface area contributed by atoms with E-state index in [0.29, 0.717) is 35.1 Å². The van der Waals surface area contributed by atoms with Gasteiger partial charge in [0, 0.05) is 29.2 Å². The van der Waals surface area contributed by atoms with E-state index in [1.807, 2.05) is 12.1 Å². The number of carbonyl (C=O) groups excluding carboxylic acids is 4. The number of phenolic OH excluding ortho intramolecular Hbond substituents is 2. The molecule has 2 aromatic rings. The fraction of sp³-hybridized carbons (Fsp3) is 0.312. The highest BCUT2D eigenvalue weighted by Crippen LogP contribution is 2.55. The van der Waals surface area contributed by atoms with Gasteiger partial charge in [-0.2, -0.15) is 0 Å². The molecule has 1 saturated heterocycles. The van der Waals surface area contributed by atoms with Crippen molar-refractivity contribution in [1.82, 2.24) is 4.90 Å². The minimum absolute atomic E-state index is 0.140. The number of rotatable bonds is 4. The monoisotopic (exact) mass is 523 g/mol. The Morgan fingerprint density at radius 1 is 0.923 bits per heavy atom. The van der Waals surface area contributed by atoms with E-state index in [1.54, 1.807) is 50.2 Å². The van der Waals surface area contributed by atoms with E-state index >= 15 is 0 Å². The third-order valence-corrected chi connectivity index (χ3v) is 8.77.